The van der Waals surface area contributed by atoms with Gasteiger partial charge in [-0.05, 0) is 42.8 Å². The number of hydrogen-bond donors (Lipinski definition) is 2. The van der Waals surface area contributed by atoms with Crippen LogP contribution in [0.3, 0.4) is 0 Å². The molecule has 0 bridgehead atoms. The van der Waals surface area contributed by atoms with Gasteiger partial charge in [0.05, 0.1) is 25.6 Å². The van der Waals surface area contributed by atoms with E-state index in [1.165, 1.54) is 6.20 Å². The molecule has 3 aromatic rings. The Balaban J connectivity index is 1.81. The third kappa shape index (κ3) is 4.33. The van der Waals surface area contributed by atoms with Crippen LogP contribution >= 0.6 is 0 Å². The summed E-state index contributed by atoms with van der Waals surface area (Å²) in [5.41, 5.74) is 2.58. The number of methoxy groups -OCH3 is 2. The molecule has 7 nitrogen and oxygen atoms in total. The Kier molecular flexibility index (Phi) is 5.51. The summed E-state index contributed by atoms with van der Waals surface area (Å²) in [6.07, 6.45) is 1.52. The maximum Gasteiger partial charge on any atom is 0.274 e. The predicted octanol–water partition coefficient (Wildman–Crippen LogP) is 3.80. The molecule has 1 aromatic heterocycles. The van der Waals surface area contributed by atoms with E-state index in [1.54, 1.807) is 32.4 Å². The van der Waals surface area contributed by atoms with Crippen LogP contribution in [0.4, 0.5) is 17.3 Å². The molecule has 2 aromatic carbocycles. The molecule has 2 N–H and O–H groups in total. The first-order valence-corrected chi connectivity index (χ1v) is 8.30. The number of carbonyl (C=O) groups is 1. The molecule has 0 aliphatic rings. The van der Waals surface area contributed by atoms with Crippen molar-refractivity contribution in [3.63, 3.8) is 0 Å². The van der Waals surface area contributed by atoms with Crippen LogP contribution in [0.5, 0.6) is 11.5 Å². The lowest BCUT2D eigenvalue weighted by Crippen LogP contribution is -2.15. The van der Waals surface area contributed by atoms with Gasteiger partial charge in [0.15, 0.2) is 0 Å². The highest BCUT2D eigenvalue weighted by Gasteiger charge is 2.13. The average Bonchev–Trinajstić information content (AvgIpc) is 2.69. The molecular weight excluding hydrogens is 344 g/mol. The van der Waals surface area contributed by atoms with Crippen molar-refractivity contribution in [3.8, 4) is 11.5 Å². The Labute approximate surface area is 157 Å². The molecule has 7 heteroatoms. The monoisotopic (exact) mass is 364 g/mol. The molecule has 0 atom stereocenters. The zero-order valence-corrected chi connectivity index (χ0v) is 15.3. The van der Waals surface area contributed by atoms with Gasteiger partial charge in [0.1, 0.15) is 17.2 Å². The second-order valence-electron chi connectivity index (χ2n) is 5.75. The van der Waals surface area contributed by atoms with Crippen molar-refractivity contribution in [1.29, 1.82) is 0 Å². The van der Waals surface area contributed by atoms with Crippen LogP contribution in [0.2, 0.25) is 0 Å². The summed E-state index contributed by atoms with van der Waals surface area (Å²) in [7, 11) is 3.14. The van der Waals surface area contributed by atoms with Crippen molar-refractivity contribution in [2.45, 2.75) is 6.92 Å². The third-order valence-corrected chi connectivity index (χ3v) is 3.84. The standard InChI is InChI=1S/C20H20N4O3/c1-13-8-9-18(27-3)16(12-13)24-20-21-11-10-15(23-20)19(25)22-14-6-4-5-7-17(14)26-2/h4-12H,1-3H3,(H,22,25)(H,21,23,24). The number of hydrogen-bond acceptors (Lipinski definition) is 6. The number of nitrogens with one attached hydrogen (secondary N) is 2. The number of aryl methyl sites for hydroxylation is 1. The van der Waals surface area contributed by atoms with E-state index >= 15 is 0 Å². The molecule has 138 valence electrons. The summed E-state index contributed by atoms with van der Waals surface area (Å²) < 4.78 is 10.6. The summed E-state index contributed by atoms with van der Waals surface area (Å²) >= 11 is 0. The highest BCUT2D eigenvalue weighted by Crippen LogP contribution is 2.27. The largest absolute Gasteiger partial charge is 0.495 e. The molecule has 0 aliphatic carbocycles. The molecule has 0 spiro atoms. The van der Waals surface area contributed by atoms with E-state index in [1.807, 2.05) is 37.3 Å². The molecule has 0 saturated carbocycles. The molecule has 0 aliphatic heterocycles. The van der Waals surface area contributed by atoms with Gasteiger partial charge in [0.25, 0.3) is 5.91 Å². The maximum absolute atomic E-state index is 12.6. The summed E-state index contributed by atoms with van der Waals surface area (Å²) in [5, 5.41) is 5.89. The fraction of sp³-hybridized carbons (Fsp3) is 0.150. The lowest BCUT2D eigenvalue weighted by molar-refractivity contribution is 0.102. The Morgan fingerprint density at radius 2 is 1.70 bits per heavy atom. The molecule has 1 heterocycles. The number of nitrogens with zero attached hydrogens (tertiary/aromatic N) is 2. The van der Waals surface area contributed by atoms with E-state index < -0.39 is 0 Å². The minimum absolute atomic E-state index is 0.227. The van der Waals surface area contributed by atoms with Gasteiger partial charge in [-0.3, -0.25) is 4.79 Å². The van der Waals surface area contributed by atoms with E-state index in [-0.39, 0.29) is 11.6 Å². The molecule has 3 rings (SSSR count). The van der Waals surface area contributed by atoms with Crippen molar-refractivity contribution in [2.24, 2.45) is 0 Å². The summed E-state index contributed by atoms with van der Waals surface area (Å²) in [6.45, 7) is 1.97. The van der Waals surface area contributed by atoms with Crippen LogP contribution in [0.1, 0.15) is 16.1 Å². The second kappa shape index (κ2) is 8.18. The van der Waals surface area contributed by atoms with Gasteiger partial charge < -0.3 is 20.1 Å². The summed E-state index contributed by atoms with van der Waals surface area (Å²) in [4.78, 5) is 21.0. The molecule has 27 heavy (non-hydrogen) atoms. The first-order chi connectivity index (χ1) is 13.1. The van der Waals surface area contributed by atoms with E-state index in [0.717, 1.165) is 11.3 Å². The van der Waals surface area contributed by atoms with Crippen LogP contribution in [0.15, 0.2) is 54.7 Å². The zero-order chi connectivity index (χ0) is 19.2. The first kappa shape index (κ1) is 18.2. The predicted molar refractivity (Wildman–Crippen MR) is 104 cm³/mol. The van der Waals surface area contributed by atoms with E-state index in [0.29, 0.717) is 23.1 Å². The minimum Gasteiger partial charge on any atom is -0.495 e. The summed E-state index contributed by atoms with van der Waals surface area (Å²) in [5.74, 6) is 1.17. The quantitative estimate of drug-likeness (QED) is 0.692. The SMILES string of the molecule is COc1ccccc1NC(=O)c1ccnc(Nc2cc(C)ccc2OC)n1. The molecule has 0 saturated heterocycles. The Hall–Kier alpha value is -3.61. The number of amides is 1. The first-order valence-electron chi connectivity index (χ1n) is 8.30. The number of benzene rings is 2. The van der Waals surface area contributed by atoms with Crippen molar-refractivity contribution >= 4 is 23.2 Å². The Morgan fingerprint density at radius 1 is 0.963 bits per heavy atom. The average molecular weight is 364 g/mol. The van der Waals surface area contributed by atoms with E-state index in [9.17, 15) is 4.79 Å². The Bertz CT molecular complexity index is 959. The van der Waals surface area contributed by atoms with Gasteiger partial charge in [0, 0.05) is 6.20 Å². The van der Waals surface area contributed by atoms with Crippen molar-refractivity contribution < 1.29 is 14.3 Å². The number of rotatable bonds is 6. The van der Waals surface area contributed by atoms with Gasteiger partial charge in [-0.25, -0.2) is 9.97 Å². The lowest BCUT2D eigenvalue weighted by atomic mass is 10.2. The molecule has 0 radical (unpaired) electrons. The normalized spacial score (nSPS) is 10.2. The molecule has 0 fully saturated rings. The zero-order valence-electron chi connectivity index (χ0n) is 15.3. The van der Waals surface area contributed by atoms with Crippen molar-refractivity contribution in [2.75, 3.05) is 24.9 Å². The highest BCUT2D eigenvalue weighted by atomic mass is 16.5. The van der Waals surface area contributed by atoms with Gasteiger partial charge in [-0.1, -0.05) is 18.2 Å². The van der Waals surface area contributed by atoms with Gasteiger partial charge in [-0.15, -0.1) is 0 Å². The summed E-state index contributed by atoms with van der Waals surface area (Å²) in [6, 6.07) is 14.4. The number of anilines is 3. The third-order valence-electron chi connectivity index (χ3n) is 3.84. The van der Waals surface area contributed by atoms with Gasteiger partial charge in [0.2, 0.25) is 5.95 Å². The minimum atomic E-state index is -0.360. The number of carbonyl (C=O) groups excluding carboxylic acids is 1. The number of para-hydroxylation sites is 2. The van der Waals surface area contributed by atoms with Crippen LogP contribution in [0, 0.1) is 6.92 Å². The maximum atomic E-state index is 12.6. The molecule has 1 amide bonds. The van der Waals surface area contributed by atoms with Crippen molar-refractivity contribution in [3.05, 3.63) is 66.0 Å². The number of ether oxygens (including phenoxy) is 2. The van der Waals surface area contributed by atoms with Crippen LogP contribution in [-0.2, 0) is 0 Å². The van der Waals surface area contributed by atoms with Crippen LogP contribution in [-0.4, -0.2) is 30.1 Å². The van der Waals surface area contributed by atoms with Crippen LogP contribution < -0.4 is 20.1 Å². The molecular formula is C20H20N4O3. The van der Waals surface area contributed by atoms with E-state index in [2.05, 4.69) is 20.6 Å². The number of aromatic nitrogens is 2. The topological polar surface area (TPSA) is 85.4 Å². The van der Waals surface area contributed by atoms with Gasteiger partial charge >= 0.3 is 0 Å². The van der Waals surface area contributed by atoms with Crippen LogP contribution in [0.25, 0.3) is 0 Å². The van der Waals surface area contributed by atoms with E-state index in [4.69, 9.17) is 9.47 Å². The molecule has 0 unspecified atom stereocenters. The fourth-order valence-corrected chi connectivity index (χ4v) is 2.52. The smallest absolute Gasteiger partial charge is 0.274 e. The Morgan fingerprint density at radius 3 is 2.48 bits per heavy atom. The van der Waals surface area contributed by atoms with Gasteiger partial charge in [-0.2, -0.15) is 0 Å². The highest BCUT2D eigenvalue weighted by molar-refractivity contribution is 6.03. The second-order valence-corrected chi connectivity index (χ2v) is 5.75. The van der Waals surface area contributed by atoms with Crippen molar-refractivity contribution in [1.82, 2.24) is 9.97 Å². The lowest BCUT2D eigenvalue weighted by Gasteiger charge is -2.12. The fourth-order valence-electron chi connectivity index (χ4n) is 2.52.